The maximum Gasteiger partial charge on any atom is -0.0242 e. The molecule has 0 aliphatic carbocycles. The highest BCUT2D eigenvalue weighted by Gasteiger charge is 1.94. The Balaban J connectivity index is 2.05. The third-order valence-electron chi connectivity index (χ3n) is 3.48. The Labute approximate surface area is 113 Å². The van der Waals surface area contributed by atoms with E-state index in [-0.39, 0.29) is 0 Å². The van der Waals surface area contributed by atoms with E-state index in [1.54, 1.807) is 0 Å². The summed E-state index contributed by atoms with van der Waals surface area (Å²) in [7, 11) is 0. The lowest BCUT2D eigenvalue weighted by molar-refractivity contribution is 0.637. The third-order valence-corrected chi connectivity index (χ3v) is 3.48. The minimum atomic E-state index is 1.18. The van der Waals surface area contributed by atoms with Gasteiger partial charge in [0.15, 0.2) is 0 Å². The molecule has 0 spiro atoms. The van der Waals surface area contributed by atoms with Crippen molar-refractivity contribution in [3.63, 3.8) is 0 Å². The molecule has 0 heteroatoms. The van der Waals surface area contributed by atoms with Crippen molar-refractivity contribution in [2.75, 3.05) is 0 Å². The number of unbranched alkanes of at least 4 members (excludes halogenated alkanes) is 5. The van der Waals surface area contributed by atoms with Crippen LogP contribution < -0.4 is 0 Å². The highest BCUT2D eigenvalue weighted by molar-refractivity contribution is 5.25. The molecule has 0 heterocycles. The van der Waals surface area contributed by atoms with E-state index in [1.165, 1.54) is 62.5 Å². The molecule has 0 N–H and O–H groups in total. The van der Waals surface area contributed by atoms with Crippen molar-refractivity contribution < 1.29 is 0 Å². The van der Waals surface area contributed by atoms with Gasteiger partial charge in [0.2, 0.25) is 0 Å². The summed E-state index contributed by atoms with van der Waals surface area (Å²) in [6.45, 7) is 4.47. The van der Waals surface area contributed by atoms with Crippen LogP contribution in [-0.4, -0.2) is 0 Å². The van der Waals surface area contributed by atoms with Crippen molar-refractivity contribution in [3.05, 3.63) is 47.5 Å². The quantitative estimate of drug-likeness (QED) is 0.378. The van der Waals surface area contributed by atoms with Gasteiger partial charge >= 0.3 is 0 Å². The van der Waals surface area contributed by atoms with Crippen molar-refractivity contribution in [2.45, 2.75) is 65.2 Å². The van der Waals surface area contributed by atoms with Crippen LogP contribution in [0.25, 0.3) is 0 Å². The number of hydrogen-bond donors (Lipinski definition) is 0. The molecular formula is C18H28. The Morgan fingerprint density at radius 3 is 2.39 bits per heavy atom. The zero-order valence-corrected chi connectivity index (χ0v) is 12.1. The second kappa shape index (κ2) is 9.94. The molecule has 0 saturated heterocycles. The molecule has 0 aromatic heterocycles. The average Bonchev–Trinajstić information content (AvgIpc) is 2.39. The molecule has 1 aromatic carbocycles. The number of rotatable bonds is 9. The molecule has 0 nitrogen and oxygen atoms in total. The number of hydrogen-bond acceptors (Lipinski definition) is 0. The van der Waals surface area contributed by atoms with Crippen molar-refractivity contribution in [2.24, 2.45) is 0 Å². The molecule has 0 fully saturated rings. The van der Waals surface area contributed by atoms with Gasteiger partial charge in [-0.25, -0.2) is 0 Å². The molecule has 18 heavy (non-hydrogen) atoms. The standard InChI is InChI=1S/C18H28/c1-3-4-5-6-7-8-9-10-11-15-18-16-13-12-14-17(18)2/h9-10,12-14,16H,3-8,11,15H2,1-2H3/b10-9+. The van der Waals surface area contributed by atoms with Crippen molar-refractivity contribution in [3.8, 4) is 0 Å². The van der Waals surface area contributed by atoms with Gasteiger partial charge in [-0.05, 0) is 43.7 Å². The molecule has 0 saturated carbocycles. The summed E-state index contributed by atoms with van der Waals surface area (Å²) < 4.78 is 0. The first-order valence-electron chi connectivity index (χ1n) is 7.54. The van der Waals surface area contributed by atoms with Crippen LogP contribution in [0.5, 0.6) is 0 Å². The summed E-state index contributed by atoms with van der Waals surface area (Å²) in [5.41, 5.74) is 2.91. The monoisotopic (exact) mass is 244 g/mol. The van der Waals surface area contributed by atoms with Gasteiger partial charge in [0.1, 0.15) is 0 Å². The van der Waals surface area contributed by atoms with Gasteiger partial charge in [0, 0.05) is 0 Å². The van der Waals surface area contributed by atoms with E-state index in [0.717, 1.165) is 0 Å². The van der Waals surface area contributed by atoms with E-state index >= 15 is 0 Å². The van der Waals surface area contributed by atoms with Gasteiger partial charge in [0.25, 0.3) is 0 Å². The van der Waals surface area contributed by atoms with E-state index in [1.807, 2.05) is 0 Å². The van der Waals surface area contributed by atoms with Gasteiger partial charge in [-0.15, -0.1) is 0 Å². The summed E-state index contributed by atoms with van der Waals surface area (Å²) >= 11 is 0. The molecule has 0 aliphatic heterocycles. The first-order chi connectivity index (χ1) is 8.84. The smallest absolute Gasteiger partial charge is 0.0242 e. The molecule has 0 radical (unpaired) electrons. The molecule has 1 aromatic rings. The Kier molecular flexibility index (Phi) is 8.29. The fourth-order valence-electron chi connectivity index (χ4n) is 2.23. The van der Waals surface area contributed by atoms with Crippen LogP contribution in [0.15, 0.2) is 36.4 Å². The predicted octanol–water partition coefficient (Wildman–Crippen LogP) is 5.84. The van der Waals surface area contributed by atoms with Crippen LogP contribution in [0.3, 0.4) is 0 Å². The van der Waals surface area contributed by atoms with Crippen LogP contribution in [0.2, 0.25) is 0 Å². The first-order valence-corrected chi connectivity index (χ1v) is 7.54. The zero-order valence-electron chi connectivity index (χ0n) is 12.1. The number of benzene rings is 1. The molecule has 1 rings (SSSR count). The molecule has 100 valence electrons. The Morgan fingerprint density at radius 2 is 1.61 bits per heavy atom. The summed E-state index contributed by atoms with van der Waals surface area (Å²) in [5, 5.41) is 0. The highest BCUT2D eigenvalue weighted by atomic mass is 14.0. The number of allylic oxidation sites excluding steroid dienone is 2. The topological polar surface area (TPSA) is 0 Å². The molecule has 0 aliphatic rings. The number of aryl methyl sites for hydroxylation is 2. The van der Waals surface area contributed by atoms with E-state index in [9.17, 15) is 0 Å². The third kappa shape index (κ3) is 6.64. The van der Waals surface area contributed by atoms with Gasteiger partial charge in [-0.2, -0.15) is 0 Å². The summed E-state index contributed by atoms with van der Waals surface area (Å²) in [4.78, 5) is 0. The van der Waals surface area contributed by atoms with Crippen LogP contribution in [0, 0.1) is 6.92 Å². The van der Waals surface area contributed by atoms with E-state index < -0.39 is 0 Å². The van der Waals surface area contributed by atoms with E-state index in [2.05, 4.69) is 50.3 Å². The largest absolute Gasteiger partial charge is 0.0885 e. The van der Waals surface area contributed by atoms with Crippen LogP contribution in [0.1, 0.15) is 63.0 Å². The van der Waals surface area contributed by atoms with Crippen LogP contribution in [-0.2, 0) is 6.42 Å². The molecule has 0 amide bonds. The Bertz CT molecular complexity index is 336. The van der Waals surface area contributed by atoms with Crippen LogP contribution >= 0.6 is 0 Å². The maximum atomic E-state index is 2.37. The van der Waals surface area contributed by atoms with Crippen molar-refractivity contribution >= 4 is 0 Å². The minimum Gasteiger partial charge on any atom is -0.0885 e. The Hall–Kier alpha value is -1.04. The molecule has 0 atom stereocenters. The highest BCUT2D eigenvalue weighted by Crippen LogP contribution is 2.10. The van der Waals surface area contributed by atoms with Gasteiger partial charge in [0.05, 0.1) is 0 Å². The van der Waals surface area contributed by atoms with Crippen molar-refractivity contribution in [1.82, 2.24) is 0 Å². The van der Waals surface area contributed by atoms with Crippen LogP contribution in [0.4, 0.5) is 0 Å². The van der Waals surface area contributed by atoms with Gasteiger partial charge in [-0.1, -0.05) is 69.0 Å². The SMILES string of the molecule is CCCCCCC/C=C/CCc1ccccc1C. The lowest BCUT2D eigenvalue weighted by Gasteiger charge is -2.02. The minimum absolute atomic E-state index is 1.18. The molecular weight excluding hydrogens is 216 g/mol. The van der Waals surface area contributed by atoms with Gasteiger partial charge in [-0.3, -0.25) is 0 Å². The summed E-state index contributed by atoms with van der Waals surface area (Å²) in [5.74, 6) is 0. The predicted molar refractivity (Wildman–Crippen MR) is 82.0 cm³/mol. The maximum absolute atomic E-state index is 2.37. The molecule has 0 bridgehead atoms. The Morgan fingerprint density at radius 1 is 0.889 bits per heavy atom. The average molecular weight is 244 g/mol. The second-order valence-corrected chi connectivity index (χ2v) is 5.14. The van der Waals surface area contributed by atoms with Gasteiger partial charge < -0.3 is 0 Å². The normalized spacial score (nSPS) is 11.2. The lowest BCUT2D eigenvalue weighted by Crippen LogP contribution is -1.87. The van der Waals surface area contributed by atoms with Crippen molar-refractivity contribution in [1.29, 1.82) is 0 Å². The summed E-state index contributed by atoms with van der Waals surface area (Å²) in [6, 6.07) is 8.70. The summed E-state index contributed by atoms with van der Waals surface area (Å²) in [6.07, 6.45) is 15.3. The molecule has 0 unspecified atom stereocenters. The zero-order chi connectivity index (χ0) is 13.1. The second-order valence-electron chi connectivity index (χ2n) is 5.14. The fraction of sp³-hybridized carbons (Fsp3) is 0.556. The fourth-order valence-corrected chi connectivity index (χ4v) is 2.23. The van der Waals surface area contributed by atoms with E-state index in [4.69, 9.17) is 0 Å². The van der Waals surface area contributed by atoms with E-state index in [0.29, 0.717) is 0 Å². The lowest BCUT2D eigenvalue weighted by atomic mass is 10.0. The first kappa shape index (κ1) is 15.0.